The van der Waals surface area contributed by atoms with Crippen molar-refractivity contribution in [1.82, 2.24) is 4.90 Å². The number of piperidine rings is 1. The van der Waals surface area contributed by atoms with Crippen molar-refractivity contribution in [3.63, 3.8) is 0 Å². The van der Waals surface area contributed by atoms with E-state index >= 15 is 0 Å². The van der Waals surface area contributed by atoms with E-state index in [0.29, 0.717) is 0 Å². The van der Waals surface area contributed by atoms with Crippen LogP contribution in [0.25, 0.3) is 0 Å². The minimum Gasteiger partial charge on any atom is -0.294 e. The van der Waals surface area contributed by atoms with Gasteiger partial charge in [0.1, 0.15) is 6.34 Å². The Hall–Kier alpha value is -1.81. The van der Waals surface area contributed by atoms with Gasteiger partial charge in [-0.3, -0.25) is 9.69 Å². The van der Waals surface area contributed by atoms with Crippen LogP contribution < -0.4 is 0 Å². The van der Waals surface area contributed by atoms with Crippen molar-refractivity contribution in [2.45, 2.75) is 13.0 Å². The summed E-state index contributed by atoms with van der Waals surface area (Å²) in [4.78, 5) is 21.9. The van der Waals surface area contributed by atoms with Crippen LogP contribution in [0, 0.1) is 5.92 Å². The lowest BCUT2D eigenvalue weighted by molar-refractivity contribution is -0.120. The molecule has 0 aromatic heterocycles. The highest BCUT2D eigenvalue weighted by molar-refractivity contribution is 6.12. The Labute approximate surface area is 106 Å². The van der Waals surface area contributed by atoms with Gasteiger partial charge in [-0.15, -0.1) is 0 Å². The van der Waals surface area contributed by atoms with Crippen LogP contribution in [0.15, 0.2) is 40.3 Å². The van der Waals surface area contributed by atoms with Crippen molar-refractivity contribution in [1.29, 1.82) is 0 Å². The van der Waals surface area contributed by atoms with E-state index in [2.05, 4.69) is 39.2 Å². The molecule has 2 aliphatic heterocycles. The monoisotopic (exact) mass is 241 g/mol. The van der Waals surface area contributed by atoms with Crippen LogP contribution in [0.3, 0.4) is 0 Å². The van der Waals surface area contributed by atoms with Crippen LogP contribution in [-0.4, -0.2) is 35.9 Å². The Kier molecular flexibility index (Phi) is 3.02. The maximum Gasteiger partial charge on any atom is 0.256 e. The first-order valence-electron chi connectivity index (χ1n) is 6.22. The summed E-state index contributed by atoms with van der Waals surface area (Å²) in [6.45, 7) is 2.62. The highest BCUT2D eigenvalue weighted by Crippen LogP contribution is 2.20. The van der Waals surface area contributed by atoms with E-state index in [0.717, 1.165) is 31.8 Å². The van der Waals surface area contributed by atoms with Crippen LogP contribution >= 0.6 is 0 Å². The standard InChI is InChI=1S/C14H15N3O/c18-14-12-6-7-17(9-13(12)15-10-16-14)8-11-4-2-1-3-5-11/h1-5,10,12H,6-9H2/t12-/m0/s1. The lowest BCUT2D eigenvalue weighted by Gasteiger charge is -2.32. The minimum atomic E-state index is -0.0676. The fraction of sp³-hybridized carbons (Fsp3) is 0.357. The molecule has 3 rings (SSSR count). The molecule has 2 aliphatic rings. The highest BCUT2D eigenvalue weighted by Gasteiger charge is 2.31. The van der Waals surface area contributed by atoms with Gasteiger partial charge in [0.05, 0.1) is 5.92 Å². The van der Waals surface area contributed by atoms with Gasteiger partial charge in [-0.1, -0.05) is 30.3 Å². The molecule has 1 fully saturated rings. The SMILES string of the molecule is O=C1N=CN=C2CN(Cc3ccccc3)CC[C@H]12. The van der Waals surface area contributed by atoms with Gasteiger partial charge in [-0.25, -0.2) is 9.98 Å². The van der Waals surface area contributed by atoms with E-state index < -0.39 is 0 Å². The van der Waals surface area contributed by atoms with Crippen LogP contribution in [0.5, 0.6) is 0 Å². The third-order valence-corrected chi connectivity index (χ3v) is 3.48. The number of nitrogens with zero attached hydrogens (tertiary/aromatic N) is 3. The lowest BCUT2D eigenvalue weighted by Crippen LogP contribution is -2.44. The second-order valence-corrected chi connectivity index (χ2v) is 4.74. The second kappa shape index (κ2) is 4.82. The van der Waals surface area contributed by atoms with Gasteiger partial charge in [0.15, 0.2) is 0 Å². The number of likely N-dealkylation sites (tertiary alicyclic amines) is 1. The van der Waals surface area contributed by atoms with Crippen molar-refractivity contribution in [3.8, 4) is 0 Å². The molecule has 1 aromatic carbocycles. The molecule has 0 aliphatic carbocycles. The Morgan fingerprint density at radius 2 is 2.11 bits per heavy atom. The molecular formula is C14H15N3O. The summed E-state index contributed by atoms with van der Waals surface area (Å²) in [5.74, 6) is -0.0959. The van der Waals surface area contributed by atoms with Crippen LogP contribution in [0.2, 0.25) is 0 Å². The van der Waals surface area contributed by atoms with Crippen LogP contribution in [0.4, 0.5) is 0 Å². The fourth-order valence-corrected chi connectivity index (χ4v) is 2.52. The van der Waals surface area contributed by atoms with E-state index in [4.69, 9.17) is 0 Å². The molecule has 92 valence electrons. The summed E-state index contributed by atoms with van der Waals surface area (Å²) >= 11 is 0. The van der Waals surface area contributed by atoms with Crippen molar-refractivity contribution in [2.24, 2.45) is 15.9 Å². The molecule has 1 aromatic rings. The zero-order valence-corrected chi connectivity index (χ0v) is 10.1. The molecule has 0 N–H and O–H groups in total. The first-order chi connectivity index (χ1) is 8.83. The minimum absolute atomic E-state index is 0.0284. The molecule has 1 amide bonds. The number of carbonyl (C=O) groups excluding carboxylic acids is 1. The number of hydrogen-bond acceptors (Lipinski definition) is 3. The summed E-state index contributed by atoms with van der Waals surface area (Å²) in [7, 11) is 0. The second-order valence-electron chi connectivity index (χ2n) is 4.74. The van der Waals surface area contributed by atoms with Crippen molar-refractivity contribution in [2.75, 3.05) is 13.1 Å². The van der Waals surface area contributed by atoms with Gasteiger partial charge in [-0.2, -0.15) is 0 Å². The molecule has 0 bridgehead atoms. The van der Waals surface area contributed by atoms with Gasteiger partial charge < -0.3 is 0 Å². The maximum absolute atomic E-state index is 11.6. The van der Waals surface area contributed by atoms with Crippen molar-refractivity contribution >= 4 is 18.0 Å². The molecule has 1 saturated heterocycles. The molecule has 4 heteroatoms. The Bertz CT molecular complexity index is 507. The first-order valence-corrected chi connectivity index (χ1v) is 6.22. The number of carbonyl (C=O) groups is 1. The van der Waals surface area contributed by atoms with E-state index in [1.54, 1.807) is 0 Å². The molecule has 0 radical (unpaired) electrons. The Morgan fingerprint density at radius 1 is 1.28 bits per heavy atom. The topological polar surface area (TPSA) is 45.0 Å². The predicted molar refractivity (Wildman–Crippen MR) is 70.8 cm³/mol. The number of hydrogen-bond donors (Lipinski definition) is 0. The van der Waals surface area contributed by atoms with Gasteiger partial charge in [-0.05, 0) is 12.0 Å². The Balaban J connectivity index is 1.69. The number of amides is 1. The molecular weight excluding hydrogens is 226 g/mol. The van der Waals surface area contributed by atoms with Gasteiger partial charge in [0.2, 0.25) is 0 Å². The van der Waals surface area contributed by atoms with E-state index in [-0.39, 0.29) is 11.8 Å². The van der Waals surface area contributed by atoms with E-state index in [9.17, 15) is 4.79 Å². The fourth-order valence-electron chi connectivity index (χ4n) is 2.52. The van der Waals surface area contributed by atoms with Gasteiger partial charge >= 0.3 is 0 Å². The number of aliphatic imine (C=N–C) groups is 2. The quantitative estimate of drug-likeness (QED) is 0.788. The third kappa shape index (κ3) is 2.24. The smallest absolute Gasteiger partial charge is 0.256 e. The average Bonchev–Trinajstić information content (AvgIpc) is 2.40. The molecule has 0 spiro atoms. The zero-order chi connectivity index (χ0) is 12.4. The van der Waals surface area contributed by atoms with Crippen LogP contribution in [0.1, 0.15) is 12.0 Å². The first kappa shape index (κ1) is 11.3. The molecule has 0 unspecified atom stereocenters. The molecule has 18 heavy (non-hydrogen) atoms. The van der Waals surface area contributed by atoms with E-state index in [1.807, 2.05) is 6.07 Å². The zero-order valence-electron chi connectivity index (χ0n) is 10.1. The third-order valence-electron chi connectivity index (χ3n) is 3.48. The summed E-state index contributed by atoms with van der Waals surface area (Å²) in [5.41, 5.74) is 2.27. The Morgan fingerprint density at radius 3 is 2.94 bits per heavy atom. The number of benzene rings is 1. The summed E-state index contributed by atoms with van der Waals surface area (Å²) < 4.78 is 0. The predicted octanol–water partition coefficient (Wildman–Crippen LogP) is 1.52. The summed E-state index contributed by atoms with van der Waals surface area (Å²) in [6, 6.07) is 10.4. The van der Waals surface area contributed by atoms with Crippen molar-refractivity contribution < 1.29 is 4.79 Å². The maximum atomic E-state index is 11.6. The molecule has 0 saturated carbocycles. The normalized spacial score (nSPS) is 23.7. The summed E-state index contributed by atoms with van der Waals surface area (Å²) in [6.07, 6.45) is 2.22. The largest absolute Gasteiger partial charge is 0.294 e. The lowest BCUT2D eigenvalue weighted by atomic mass is 9.93. The van der Waals surface area contributed by atoms with E-state index in [1.165, 1.54) is 11.9 Å². The van der Waals surface area contributed by atoms with Gasteiger partial charge in [0.25, 0.3) is 5.91 Å². The highest BCUT2D eigenvalue weighted by atomic mass is 16.1. The number of rotatable bonds is 2. The molecule has 4 nitrogen and oxygen atoms in total. The molecule has 2 heterocycles. The van der Waals surface area contributed by atoms with Crippen molar-refractivity contribution in [3.05, 3.63) is 35.9 Å². The van der Waals surface area contributed by atoms with Gasteiger partial charge in [0, 0.05) is 25.3 Å². The van der Waals surface area contributed by atoms with Crippen LogP contribution in [-0.2, 0) is 11.3 Å². The molecule has 1 atom stereocenters. The number of fused-ring (bicyclic) bond motifs is 1. The average molecular weight is 241 g/mol. The summed E-state index contributed by atoms with van der Waals surface area (Å²) in [5, 5.41) is 0.